The molecule has 0 aromatic heterocycles. The molecule has 2 unspecified atom stereocenters. The van der Waals surface area contributed by atoms with E-state index in [1.807, 2.05) is 12.4 Å². The summed E-state index contributed by atoms with van der Waals surface area (Å²) < 4.78 is 0. The summed E-state index contributed by atoms with van der Waals surface area (Å²) in [6.07, 6.45) is 8.60. The summed E-state index contributed by atoms with van der Waals surface area (Å²) in [6, 6.07) is 0. The van der Waals surface area contributed by atoms with Crippen molar-refractivity contribution in [3.05, 3.63) is 35.9 Å². The number of hydrogen-bond acceptors (Lipinski definition) is 2. The van der Waals surface area contributed by atoms with Crippen LogP contribution in [0.3, 0.4) is 0 Å². The second-order valence-electron chi connectivity index (χ2n) is 4.66. The molecule has 2 heteroatoms. The average molecular weight is 174 g/mol. The topological polar surface area (TPSA) is 24.1 Å². The van der Waals surface area contributed by atoms with Gasteiger partial charge >= 0.3 is 0 Å². The first-order valence-corrected chi connectivity index (χ1v) is 4.82. The van der Waals surface area contributed by atoms with Gasteiger partial charge < -0.3 is 10.6 Å². The van der Waals surface area contributed by atoms with E-state index < -0.39 is 0 Å². The van der Waals surface area contributed by atoms with Gasteiger partial charge in [-0.25, -0.2) is 0 Å². The SMILES string of the molecule is CC1(C)C2C=C3NC=CNC3=CC21. The van der Waals surface area contributed by atoms with Crippen molar-refractivity contribution in [2.75, 3.05) is 0 Å². The summed E-state index contributed by atoms with van der Waals surface area (Å²) in [4.78, 5) is 0. The zero-order valence-electron chi connectivity index (χ0n) is 7.96. The molecule has 1 aliphatic heterocycles. The van der Waals surface area contributed by atoms with Crippen LogP contribution in [0.15, 0.2) is 35.9 Å². The second kappa shape index (κ2) is 2.00. The molecule has 13 heavy (non-hydrogen) atoms. The molecule has 2 nitrogen and oxygen atoms in total. The Morgan fingerprint density at radius 1 is 1.00 bits per heavy atom. The molecule has 3 rings (SSSR count). The van der Waals surface area contributed by atoms with E-state index in [9.17, 15) is 0 Å². The Labute approximate surface area is 78.4 Å². The van der Waals surface area contributed by atoms with E-state index in [1.54, 1.807) is 0 Å². The first-order valence-electron chi connectivity index (χ1n) is 4.82. The molecular weight excluding hydrogens is 160 g/mol. The molecule has 0 saturated heterocycles. The zero-order valence-corrected chi connectivity index (χ0v) is 7.96. The molecule has 1 fully saturated rings. The number of allylic oxidation sites excluding steroid dienone is 2. The molecule has 2 aliphatic carbocycles. The molecule has 0 aromatic carbocycles. The lowest BCUT2D eigenvalue weighted by molar-refractivity contribution is 0.587. The summed E-state index contributed by atoms with van der Waals surface area (Å²) in [5.74, 6) is 1.49. The Morgan fingerprint density at radius 2 is 1.46 bits per heavy atom. The number of rotatable bonds is 0. The van der Waals surface area contributed by atoms with Crippen LogP contribution in [-0.2, 0) is 0 Å². The Hall–Kier alpha value is -1.18. The predicted molar refractivity (Wildman–Crippen MR) is 52.3 cm³/mol. The van der Waals surface area contributed by atoms with Gasteiger partial charge in [-0.1, -0.05) is 26.0 Å². The molecular formula is C11H14N2. The van der Waals surface area contributed by atoms with Gasteiger partial charge in [-0.15, -0.1) is 0 Å². The van der Waals surface area contributed by atoms with Crippen LogP contribution in [0.4, 0.5) is 0 Å². The van der Waals surface area contributed by atoms with Gasteiger partial charge in [-0.2, -0.15) is 0 Å². The van der Waals surface area contributed by atoms with Crippen molar-refractivity contribution in [1.82, 2.24) is 10.6 Å². The van der Waals surface area contributed by atoms with Crippen LogP contribution in [-0.4, -0.2) is 0 Å². The molecule has 0 bridgehead atoms. The fourth-order valence-electron chi connectivity index (χ4n) is 2.41. The number of nitrogens with one attached hydrogen (secondary N) is 2. The Kier molecular flexibility index (Phi) is 1.12. The lowest BCUT2D eigenvalue weighted by Gasteiger charge is -2.19. The maximum Gasteiger partial charge on any atom is 0.0578 e. The van der Waals surface area contributed by atoms with Gasteiger partial charge in [0.25, 0.3) is 0 Å². The highest BCUT2D eigenvalue weighted by Gasteiger charge is 2.56. The fourth-order valence-corrected chi connectivity index (χ4v) is 2.41. The fraction of sp³-hybridized carbons (Fsp3) is 0.455. The van der Waals surface area contributed by atoms with Crippen LogP contribution < -0.4 is 10.6 Å². The van der Waals surface area contributed by atoms with Gasteiger partial charge in [0, 0.05) is 12.4 Å². The van der Waals surface area contributed by atoms with Crippen molar-refractivity contribution in [2.45, 2.75) is 13.8 Å². The maximum absolute atomic E-state index is 3.27. The molecule has 1 saturated carbocycles. The van der Waals surface area contributed by atoms with Crippen molar-refractivity contribution in [3.8, 4) is 0 Å². The normalized spacial score (nSPS) is 37.4. The van der Waals surface area contributed by atoms with E-state index in [1.165, 1.54) is 11.4 Å². The Balaban J connectivity index is 2.00. The van der Waals surface area contributed by atoms with E-state index in [2.05, 4.69) is 36.6 Å². The first-order chi connectivity index (χ1) is 6.19. The summed E-state index contributed by atoms with van der Waals surface area (Å²) in [5.41, 5.74) is 2.96. The van der Waals surface area contributed by atoms with Crippen LogP contribution in [0.2, 0.25) is 0 Å². The highest BCUT2D eigenvalue weighted by Crippen LogP contribution is 2.62. The van der Waals surface area contributed by atoms with E-state index >= 15 is 0 Å². The van der Waals surface area contributed by atoms with Crippen LogP contribution in [0.1, 0.15) is 13.8 Å². The average Bonchev–Trinajstić information content (AvgIpc) is 2.66. The van der Waals surface area contributed by atoms with Gasteiger partial charge in [-0.05, 0) is 17.3 Å². The molecule has 2 N–H and O–H groups in total. The van der Waals surface area contributed by atoms with Crippen molar-refractivity contribution in [1.29, 1.82) is 0 Å². The first kappa shape index (κ1) is 7.25. The molecule has 1 heterocycles. The lowest BCUT2D eigenvalue weighted by atomic mass is 10.1. The molecule has 0 radical (unpaired) electrons. The summed E-state index contributed by atoms with van der Waals surface area (Å²) >= 11 is 0. The van der Waals surface area contributed by atoms with Gasteiger partial charge in [-0.3, -0.25) is 0 Å². The molecule has 2 atom stereocenters. The summed E-state index contributed by atoms with van der Waals surface area (Å²) in [7, 11) is 0. The predicted octanol–water partition coefficient (Wildman–Crippen LogP) is 1.70. The van der Waals surface area contributed by atoms with Crippen LogP contribution in [0.25, 0.3) is 0 Å². The van der Waals surface area contributed by atoms with E-state index in [0.29, 0.717) is 5.41 Å². The minimum absolute atomic E-state index is 0.473. The molecule has 0 spiro atoms. The molecule has 0 aromatic rings. The van der Waals surface area contributed by atoms with Crippen molar-refractivity contribution < 1.29 is 0 Å². The Bertz CT molecular complexity index is 315. The van der Waals surface area contributed by atoms with Gasteiger partial charge in [0.05, 0.1) is 11.4 Å². The third-order valence-electron chi connectivity index (χ3n) is 3.54. The smallest absolute Gasteiger partial charge is 0.0578 e. The second-order valence-corrected chi connectivity index (χ2v) is 4.66. The van der Waals surface area contributed by atoms with Gasteiger partial charge in [0.15, 0.2) is 0 Å². The lowest BCUT2D eigenvalue weighted by Crippen LogP contribution is -2.23. The number of fused-ring (bicyclic) bond motifs is 2. The Morgan fingerprint density at radius 3 is 1.92 bits per heavy atom. The number of hydrogen-bond donors (Lipinski definition) is 2. The summed E-state index contributed by atoms with van der Waals surface area (Å²) in [6.45, 7) is 4.67. The third-order valence-corrected chi connectivity index (χ3v) is 3.54. The third kappa shape index (κ3) is 0.831. The highest BCUT2D eigenvalue weighted by atomic mass is 15.0. The minimum Gasteiger partial charge on any atom is -0.359 e. The monoisotopic (exact) mass is 174 g/mol. The van der Waals surface area contributed by atoms with E-state index in [-0.39, 0.29) is 0 Å². The van der Waals surface area contributed by atoms with Gasteiger partial charge in [0.2, 0.25) is 0 Å². The largest absolute Gasteiger partial charge is 0.359 e. The van der Waals surface area contributed by atoms with Crippen molar-refractivity contribution in [3.63, 3.8) is 0 Å². The quantitative estimate of drug-likeness (QED) is 0.584. The summed E-state index contributed by atoms with van der Waals surface area (Å²) in [5, 5.41) is 6.53. The van der Waals surface area contributed by atoms with Crippen LogP contribution >= 0.6 is 0 Å². The minimum atomic E-state index is 0.473. The van der Waals surface area contributed by atoms with Gasteiger partial charge in [0.1, 0.15) is 0 Å². The van der Waals surface area contributed by atoms with Crippen molar-refractivity contribution in [2.24, 2.45) is 17.3 Å². The van der Waals surface area contributed by atoms with Crippen molar-refractivity contribution >= 4 is 0 Å². The highest BCUT2D eigenvalue weighted by molar-refractivity contribution is 5.43. The molecule has 3 aliphatic rings. The standard InChI is InChI=1S/C11H14N2/c1-11(2)7-5-9-10(6-8(7)11)13-4-3-12-9/h3-8,12-13H,1-2H3. The zero-order chi connectivity index (χ0) is 9.05. The maximum atomic E-state index is 3.27. The van der Waals surface area contributed by atoms with E-state index in [0.717, 1.165) is 11.8 Å². The molecule has 0 amide bonds. The van der Waals surface area contributed by atoms with Crippen LogP contribution in [0, 0.1) is 17.3 Å². The van der Waals surface area contributed by atoms with Crippen LogP contribution in [0.5, 0.6) is 0 Å². The van der Waals surface area contributed by atoms with E-state index in [4.69, 9.17) is 0 Å². The molecule has 68 valence electrons.